The maximum atomic E-state index is 11.3. The highest BCUT2D eigenvalue weighted by Crippen LogP contribution is 2.35. The van der Waals surface area contributed by atoms with Crippen LogP contribution in [0.2, 0.25) is 0 Å². The van der Waals surface area contributed by atoms with Crippen molar-refractivity contribution in [3.05, 3.63) is 33.9 Å². The summed E-state index contributed by atoms with van der Waals surface area (Å²) in [4.78, 5) is 24.3. The number of anilines is 1. The zero-order valence-corrected chi connectivity index (χ0v) is 14.4. The second-order valence-corrected chi connectivity index (χ2v) is 6.89. The molecule has 1 aromatic carbocycles. The number of aldehydes is 1. The van der Waals surface area contributed by atoms with Crippen LogP contribution in [-0.4, -0.2) is 54.5 Å². The van der Waals surface area contributed by atoms with Crippen LogP contribution in [0.15, 0.2) is 18.2 Å². The molecule has 0 spiro atoms. The highest BCUT2D eigenvalue weighted by Gasteiger charge is 2.38. The fraction of sp³-hybridized carbons (Fsp3) is 0.611. The third kappa shape index (κ3) is 3.99. The van der Waals surface area contributed by atoms with E-state index in [9.17, 15) is 14.9 Å². The van der Waals surface area contributed by atoms with Gasteiger partial charge < -0.3 is 10.1 Å². The monoisotopic (exact) mass is 347 g/mol. The molecule has 0 atom stereocenters. The minimum absolute atomic E-state index is 0.0270. The van der Waals surface area contributed by atoms with Crippen LogP contribution < -0.4 is 5.32 Å². The summed E-state index contributed by atoms with van der Waals surface area (Å²) in [6.45, 7) is 3.99. The van der Waals surface area contributed by atoms with E-state index in [2.05, 4.69) is 10.2 Å². The van der Waals surface area contributed by atoms with Crippen molar-refractivity contribution < 1.29 is 14.5 Å². The molecule has 1 aromatic rings. The number of nitrogens with zero attached hydrogens (tertiary/aromatic N) is 2. The summed E-state index contributed by atoms with van der Waals surface area (Å²) in [7, 11) is 0. The zero-order chi connectivity index (χ0) is 17.7. The van der Waals surface area contributed by atoms with Gasteiger partial charge in [-0.3, -0.25) is 19.8 Å². The predicted octanol–water partition coefficient (Wildman–Crippen LogP) is 2.85. The number of rotatable bonds is 6. The Morgan fingerprint density at radius 2 is 1.96 bits per heavy atom. The van der Waals surface area contributed by atoms with Crippen LogP contribution in [-0.2, 0) is 4.74 Å². The molecule has 1 saturated heterocycles. The Morgan fingerprint density at radius 3 is 2.60 bits per heavy atom. The van der Waals surface area contributed by atoms with Crippen LogP contribution in [0.4, 0.5) is 11.4 Å². The number of benzene rings is 1. The van der Waals surface area contributed by atoms with E-state index in [1.54, 1.807) is 12.1 Å². The Labute approximate surface area is 147 Å². The topological polar surface area (TPSA) is 84.7 Å². The molecule has 1 aliphatic carbocycles. The van der Waals surface area contributed by atoms with E-state index in [-0.39, 0.29) is 11.2 Å². The Bertz CT molecular complexity index is 623. The van der Waals surface area contributed by atoms with Crippen LogP contribution >= 0.6 is 0 Å². The van der Waals surface area contributed by atoms with Crippen LogP contribution in [0.25, 0.3) is 0 Å². The van der Waals surface area contributed by atoms with Crippen molar-refractivity contribution in [3.8, 4) is 0 Å². The SMILES string of the molecule is O=Cc1ccc(NCC2(N3CCOCC3)CCCCC2)c([N+](=O)[O-])c1. The largest absolute Gasteiger partial charge is 0.379 e. The van der Waals surface area contributed by atoms with Crippen molar-refractivity contribution in [2.75, 3.05) is 38.2 Å². The molecule has 1 saturated carbocycles. The lowest BCUT2D eigenvalue weighted by Gasteiger charge is -2.48. The Morgan fingerprint density at radius 1 is 1.24 bits per heavy atom. The minimum atomic E-state index is -0.433. The van der Waals surface area contributed by atoms with E-state index >= 15 is 0 Å². The lowest BCUT2D eigenvalue weighted by molar-refractivity contribution is -0.384. The van der Waals surface area contributed by atoms with Gasteiger partial charge in [0.2, 0.25) is 0 Å². The quantitative estimate of drug-likeness (QED) is 0.484. The van der Waals surface area contributed by atoms with E-state index in [1.165, 1.54) is 25.3 Å². The third-order valence-electron chi connectivity index (χ3n) is 5.43. The fourth-order valence-corrected chi connectivity index (χ4v) is 4.03. The van der Waals surface area contributed by atoms with E-state index in [0.717, 1.165) is 39.1 Å². The van der Waals surface area contributed by atoms with E-state index in [4.69, 9.17) is 4.74 Å². The van der Waals surface area contributed by atoms with Gasteiger partial charge in [-0.15, -0.1) is 0 Å². The molecule has 136 valence electrons. The first kappa shape index (κ1) is 17.8. The first-order chi connectivity index (χ1) is 12.1. The molecule has 0 aromatic heterocycles. The van der Waals surface area contributed by atoms with Gasteiger partial charge in [0.1, 0.15) is 12.0 Å². The number of carbonyl (C=O) groups is 1. The van der Waals surface area contributed by atoms with Crippen molar-refractivity contribution in [1.82, 2.24) is 4.90 Å². The van der Waals surface area contributed by atoms with Crippen LogP contribution in [0.1, 0.15) is 42.5 Å². The van der Waals surface area contributed by atoms with E-state index in [0.29, 0.717) is 24.1 Å². The summed E-state index contributed by atoms with van der Waals surface area (Å²) < 4.78 is 5.49. The summed E-state index contributed by atoms with van der Waals surface area (Å²) in [5.41, 5.74) is 0.781. The predicted molar refractivity (Wildman–Crippen MR) is 95.2 cm³/mol. The van der Waals surface area contributed by atoms with Crippen molar-refractivity contribution in [2.24, 2.45) is 0 Å². The molecular formula is C18H25N3O4. The summed E-state index contributed by atoms with van der Waals surface area (Å²) in [5.74, 6) is 0. The Kier molecular flexibility index (Phi) is 5.65. The Balaban J connectivity index is 1.79. The number of carbonyl (C=O) groups excluding carboxylic acids is 1. The molecule has 2 aliphatic rings. The average molecular weight is 347 g/mol. The van der Waals surface area contributed by atoms with Gasteiger partial charge in [-0.25, -0.2) is 0 Å². The van der Waals surface area contributed by atoms with Gasteiger partial charge in [-0.05, 0) is 25.0 Å². The first-order valence-corrected chi connectivity index (χ1v) is 8.95. The van der Waals surface area contributed by atoms with Crippen molar-refractivity contribution in [2.45, 2.75) is 37.6 Å². The number of nitro benzene ring substituents is 1. The van der Waals surface area contributed by atoms with Gasteiger partial charge in [-0.1, -0.05) is 19.3 Å². The normalized spacial score (nSPS) is 20.8. The number of ether oxygens (including phenoxy) is 1. The molecular weight excluding hydrogens is 322 g/mol. The van der Waals surface area contributed by atoms with Gasteiger partial charge in [0.25, 0.3) is 5.69 Å². The molecule has 7 heteroatoms. The van der Waals surface area contributed by atoms with E-state index in [1.807, 2.05) is 0 Å². The number of nitro groups is 1. The molecule has 0 bridgehead atoms. The fourth-order valence-electron chi connectivity index (χ4n) is 4.03. The number of hydrogen-bond acceptors (Lipinski definition) is 6. The molecule has 25 heavy (non-hydrogen) atoms. The Hall–Kier alpha value is -1.99. The van der Waals surface area contributed by atoms with Crippen molar-refractivity contribution in [1.29, 1.82) is 0 Å². The zero-order valence-electron chi connectivity index (χ0n) is 14.4. The van der Waals surface area contributed by atoms with Gasteiger partial charge >= 0.3 is 0 Å². The van der Waals surface area contributed by atoms with Gasteiger partial charge in [0.15, 0.2) is 0 Å². The van der Waals surface area contributed by atoms with Gasteiger partial charge in [-0.2, -0.15) is 0 Å². The van der Waals surface area contributed by atoms with Crippen LogP contribution in [0, 0.1) is 10.1 Å². The van der Waals surface area contributed by atoms with Crippen LogP contribution in [0.3, 0.4) is 0 Å². The summed E-state index contributed by atoms with van der Waals surface area (Å²) in [5, 5.41) is 14.7. The van der Waals surface area contributed by atoms with Crippen LogP contribution in [0.5, 0.6) is 0 Å². The number of morpholine rings is 1. The molecule has 7 nitrogen and oxygen atoms in total. The molecule has 1 N–H and O–H groups in total. The van der Waals surface area contributed by atoms with Gasteiger partial charge in [0.05, 0.1) is 18.1 Å². The summed E-state index contributed by atoms with van der Waals surface area (Å²) in [6.07, 6.45) is 6.45. The molecule has 0 unspecified atom stereocenters. The minimum Gasteiger partial charge on any atom is -0.379 e. The first-order valence-electron chi connectivity index (χ1n) is 8.95. The molecule has 0 amide bonds. The average Bonchev–Trinajstić information content (AvgIpc) is 2.67. The lowest BCUT2D eigenvalue weighted by Crippen LogP contribution is -2.58. The second kappa shape index (κ2) is 7.93. The summed E-state index contributed by atoms with van der Waals surface area (Å²) in [6, 6.07) is 4.58. The highest BCUT2D eigenvalue weighted by molar-refractivity contribution is 5.79. The molecule has 1 aliphatic heterocycles. The maximum absolute atomic E-state index is 11.3. The van der Waals surface area contributed by atoms with Gasteiger partial charge in [0, 0.05) is 36.8 Å². The number of hydrogen-bond donors (Lipinski definition) is 1. The van der Waals surface area contributed by atoms with E-state index < -0.39 is 4.92 Å². The molecule has 0 radical (unpaired) electrons. The molecule has 1 heterocycles. The lowest BCUT2D eigenvalue weighted by atomic mass is 9.79. The maximum Gasteiger partial charge on any atom is 0.293 e. The highest BCUT2D eigenvalue weighted by atomic mass is 16.6. The smallest absolute Gasteiger partial charge is 0.293 e. The third-order valence-corrected chi connectivity index (χ3v) is 5.43. The van der Waals surface area contributed by atoms with Crippen molar-refractivity contribution >= 4 is 17.7 Å². The standard InChI is InChI=1S/C18H25N3O4/c22-13-15-4-5-16(17(12-15)21(23)24)19-14-18(6-2-1-3-7-18)20-8-10-25-11-9-20/h4-5,12-13,19H,1-3,6-11,14H2. The molecule has 3 rings (SSSR count). The molecule has 2 fully saturated rings. The number of nitrogens with one attached hydrogen (secondary N) is 1. The summed E-state index contributed by atoms with van der Waals surface area (Å²) >= 11 is 0. The second-order valence-electron chi connectivity index (χ2n) is 6.89. The van der Waals surface area contributed by atoms with Crippen molar-refractivity contribution in [3.63, 3.8) is 0 Å².